The molecule has 0 saturated heterocycles. The highest BCUT2D eigenvalue weighted by Crippen LogP contribution is 2.28. The van der Waals surface area contributed by atoms with Crippen LogP contribution in [0.1, 0.15) is 79.2 Å². The SMILES string of the molecule is CCCC(NC(=O)c1ccc2c(c1)nc(Cc1cccs1)n2C(CC)CC)C(=O)N(C)CCc1ccccn1. The summed E-state index contributed by atoms with van der Waals surface area (Å²) in [4.78, 5) is 38.9. The molecule has 39 heavy (non-hydrogen) atoms. The number of carbonyl (C=O) groups excluding carboxylic acids is 2. The van der Waals surface area contributed by atoms with E-state index in [1.165, 1.54) is 4.88 Å². The summed E-state index contributed by atoms with van der Waals surface area (Å²) in [5.41, 5.74) is 3.31. The fourth-order valence-electron chi connectivity index (χ4n) is 5.04. The predicted octanol–water partition coefficient (Wildman–Crippen LogP) is 6.04. The van der Waals surface area contributed by atoms with Crippen molar-refractivity contribution >= 4 is 34.2 Å². The molecule has 0 aliphatic carbocycles. The summed E-state index contributed by atoms with van der Waals surface area (Å²) >= 11 is 1.73. The number of amides is 2. The largest absolute Gasteiger partial charge is 0.344 e. The molecule has 1 N–H and O–H groups in total. The van der Waals surface area contributed by atoms with Crippen molar-refractivity contribution in [2.75, 3.05) is 13.6 Å². The number of carbonyl (C=O) groups is 2. The number of hydrogen-bond donors (Lipinski definition) is 1. The highest BCUT2D eigenvalue weighted by Gasteiger charge is 2.25. The second-order valence-corrected chi connectivity index (χ2v) is 11.0. The minimum absolute atomic E-state index is 0.0848. The number of hydrogen-bond acceptors (Lipinski definition) is 5. The van der Waals surface area contributed by atoms with Gasteiger partial charge in [0.1, 0.15) is 11.9 Å². The minimum Gasteiger partial charge on any atom is -0.344 e. The molecule has 1 unspecified atom stereocenters. The van der Waals surface area contributed by atoms with Crippen molar-refractivity contribution in [1.29, 1.82) is 0 Å². The summed E-state index contributed by atoms with van der Waals surface area (Å²) in [5, 5.41) is 5.09. The molecule has 0 fully saturated rings. The van der Waals surface area contributed by atoms with Crippen LogP contribution in [0.4, 0.5) is 0 Å². The number of imidazole rings is 1. The first-order valence-corrected chi connectivity index (χ1v) is 14.8. The van der Waals surface area contributed by atoms with Crippen molar-refractivity contribution in [3.63, 3.8) is 0 Å². The molecule has 0 spiro atoms. The molecule has 2 amide bonds. The zero-order chi connectivity index (χ0) is 27.8. The maximum Gasteiger partial charge on any atom is 0.252 e. The molecule has 0 saturated carbocycles. The number of nitrogens with one attached hydrogen (secondary N) is 1. The van der Waals surface area contributed by atoms with Crippen molar-refractivity contribution < 1.29 is 9.59 Å². The van der Waals surface area contributed by atoms with Gasteiger partial charge in [-0.05, 0) is 61.0 Å². The fraction of sp³-hybridized carbons (Fsp3) is 0.419. The molecule has 8 heteroatoms. The van der Waals surface area contributed by atoms with E-state index in [-0.39, 0.29) is 11.8 Å². The van der Waals surface area contributed by atoms with Gasteiger partial charge >= 0.3 is 0 Å². The Balaban J connectivity index is 1.52. The molecule has 0 radical (unpaired) electrons. The number of nitrogens with zero attached hydrogens (tertiary/aromatic N) is 4. The van der Waals surface area contributed by atoms with E-state index < -0.39 is 6.04 Å². The molecule has 7 nitrogen and oxygen atoms in total. The Labute approximate surface area is 235 Å². The molecule has 206 valence electrons. The lowest BCUT2D eigenvalue weighted by atomic mass is 10.1. The van der Waals surface area contributed by atoms with Crippen LogP contribution in [0.15, 0.2) is 60.1 Å². The van der Waals surface area contributed by atoms with E-state index in [1.54, 1.807) is 29.5 Å². The van der Waals surface area contributed by atoms with Gasteiger partial charge in [-0.1, -0.05) is 39.3 Å². The van der Waals surface area contributed by atoms with Gasteiger partial charge in [0.05, 0.1) is 11.0 Å². The molecule has 0 aliphatic heterocycles. The third kappa shape index (κ3) is 6.92. The number of likely N-dealkylation sites (N-methyl/N-ethyl adjacent to an activating group) is 1. The van der Waals surface area contributed by atoms with E-state index >= 15 is 0 Å². The highest BCUT2D eigenvalue weighted by molar-refractivity contribution is 7.09. The Morgan fingerprint density at radius 3 is 2.56 bits per heavy atom. The maximum absolute atomic E-state index is 13.3. The number of benzene rings is 1. The van der Waals surface area contributed by atoms with Crippen LogP contribution in [0.25, 0.3) is 11.0 Å². The van der Waals surface area contributed by atoms with Crippen LogP contribution in [0, 0.1) is 0 Å². The normalized spacial score (nSPS) is 12.1. The number of thiophene rings is 1. The zero-order valence-electron chi connectivity index (χ0n) is 23.4. The summed E-state index contributed by atoms with van der Waals surface area (Å²) in [5.74, 6) is 0.685. The smallest absolute Gasteiger partial charge is 0.252 e. The molecule has 1 aromatic carbocycles. The predicted molar refractivity (Wildman–Crippen MR) is 158 cm³/mol. The third-order valence-electron chi connectivity index (χ3n) is 7.23. The molecular formula is C31H39N5O2S. The Hall–Kier alpha value is -3.52. The van der Waals surface area contributed by atoms with Crippen molar-refractivity contribution in [3.05, 3.63) is 82.1 Å². The monoisotopic (exact) mass is 545 g/mol. The first kappa shape index (κ1) is 28.5. The van der Waals surface area contributed by atoms with Crippen molar-refractivity contribution in [2.45, 2.75) is 71.4 Å². The number of aromatic nitrogens is 3. The van der Waals surface area contributed by atoms with Crippen LogP contribution in [0.2, 0.25) is 0 Å². The summed E-state index contributed by atoms with van der Waals surface area (Å²) in [6.45, 7) is 6.97. The fourth-order valence-corrected chi connectivity index (χ4v) is 5.74. The maximum atomic E-state index is 13.3. The van der Waals surface area contributed by atoms with Crippen molar-refractivity contribution in [1.82, 2.24) is 24.8 Å². The molecular weight excluding hydrogens is 506 g/mol. The molecule has 3 heterocycles. The molecule has 0 bridgehead atoms. The zero-order valence-corrected chi connectivity index (χ0v) is 24.2. The Bertz CT molecular complexity index is 1360. The standard InChI is InChI=1S/C31H39N5O2S/c1-5-11-26(31(38)35(4)18-16-23-12-8-9-17-32-23)34-30(37)22-14-15-28-27(20-22)33-29(21-25-13-10-19-39-25)36(28)24(6-2)7-3/h8-10,12-15,17,19-20,24,26H,5-7,11,16,18,21H2,1-4H3,(H,34,37). The Kier molecular flexibility index (Phi) is 9.87. The van der Waals surface area contributed by atoms with E-state index in [4.69, 9.17) is 4.98 Å². The lowest BCUT2D eigenvalue weighted by Crippen LogP contribution is -2.47. The molecule has 1 atom stereocenters. The van der Waals surface area contributed by atoms with Gasteiger partial charge in [-0.15, -0.1) is 11.3 Å². The van der Waals surface area contributed by atoms with Crippen LogP contribution >= 0.6 is 11.3 Å². The van der Waals surface area contributed by atoms with Crippen LogP contribution in [-0.2, 0) is 17.6 Å². The lowest BCUT2D eigenvalue weighted by molar-refractivity contribution is -0.132. The second-order valence-electron chi connectivity index (χ2n) is 9.97. The van der Waals surface area contributed by atoms with Gasteiger partial charge in [0, 0.05) is 54.8 Å². The van der Waals surface area contributed by atoms with Gasteiger partial charge in [-0.25, -0.2) is 4.98 Å². The summed E-state index contributed by atoms with van der Waals surface area (Å²) in [6.07, 6.45) is 6.58. The molecule has 3 aromatic heterocycles. The van der Waals surface area contributed by atoms with Gasteiger partial charge in [0.25, 0.3) is 5.91 Å². The van der Waals surface area contributed by atoms with Gasteiger partial charge in [-0.2, -0.15) is 0 Å². The first-order chi connectivity index (χ1) is 18.9. The summed E-state index contributed by atoms with van der Waals surface area (Å²) < 4.78 is 2.34. The van der Waals surface area contributed by atoms with E-state index in [1.807, 2.05) is 43.3 Å². The average Bonchev–Trinajstić information content (AvgIpc) is 3.60. The van der Waals surface area contributed by atoms with E-state index in [0.717, 1.165) is 48.2 Å². The van der Waals surface area contributed by atoms with Gasteiger partial charge in [0.15, 0.2) is 0 Å². The van der Waals surface area contributed by atoms with Crippen LogP contribution in [0.5, 0.6) is 0 Å². The molecule has 4 rings (SSSR count). The van der Waals surface area contributed by atoms with E-state index in [2.05, 4.69) is 46.2 Å². The van der Waals surface area contributed by atoms with Crippen LogP contribution in [0.3, 0.4) is 0 Å². The highest BCUT2D eigenvalue weighted by atomic mass is 32.1. The van der Waals surface area contributed by atoms with Crippen LogP contribution in [-0.4, -0.2) is 50.9 Å². The van der Waals surface area contributed by atoms with Crippen LogP contribution < -0.4 is 5.32 Å². The third-order valence-corrected chi connectivity index (χ3v) is 8.11. The van der Waals surface area contributed by atoms with E-state index in [0.29, 0.717) is 31.0 Å². The first-order valence-electron chi connectivity index (χ1n) is 13.9. The number of fused-ring (bicyclic) bond motifs is 1. The Morgan fingerprint density at radius 2 is 1.90 bits per heavy atom. The number of pyridine rings is 1. The molecule has 4 aromatic rings. The summed E-state index contributed by atoms with van der Waals surface area (Å²) in [7, 11) is 1.78. The lowest BCUT2D eigenvalue weighted by Gasteiger charge is -2.24. The second kappa shape index (κ2) is 13.5. The van der Waals surface area contributed by atoms with Crippen molar-refractivity contribution in [2.24, 2.45) is 0 Å². The number of rotatable bonds is 13. The minimum atomic E-state index is -0.580. The van der Waals surface area contributed by atoms with Gasteiger partial charge < -0.3 is 14.8 Å². The quantitative estimate of drug-likeness (QED) is 0.222. The Morgan fingerprint density at radius 1 is 1.08 bits per heavy atom. The van der Waals surface area contributed by atoms with Gasteiger partial charge in [-0.3, -0.25) is 14.6 Å². The average molecular weight is 546 g/mol. The van der Waals surface area contributed by atoms with Gasteiger partial charge in [0.2, 0.25) is 5.91 Å². The topological polar surface area (TPSA) is 80.1 Å². The molecule has 0 aliphatic rings. The van der Waals surface area contributed by atoms with Crippen molar-refractivity contribution in [3.8, 4) is 0 Å². The summed E-state index contributed by atoms with van der Waals surface area (Å²) in [6, 6.07) is 15.5. The van der Waals surface area contributed by atoms with E-state index in [9.17, 15) is 9.59 Å².